The Morgan fingerprint density at radius 2 is 1.75 bits per heavy atom. The van der Waals surface area contributed by atoms with Crippen LogP contribution in [0.25, 0.3) is 0 Å². The van der Waals surface area contributed by atoms with E-state index in [1.807, 2.05) is 19.9 Å². The summed E-state index contributed by atoms with van der Waals surface area (Å²) in [5, 5.41) is 18.3. The van der Waals surface area contributed by atoms with Gasteiger partial charge in [0.15, 0.2) is 0 Å². The van der Waals surface area contributed by atoms with Crippen molar-refractivity contribution in [3.05, 3.63) is 70.5 Å². The van der Waals surface area contributed by atoms with E-state index in [1.54, 1.807) is 24.3 Å². The smallest absolute Gasteiger partial charge is 0.408 e. The molecule has 3 unspecified atom stereocenters. The maximum absolute atomic E-state index is 14.3. The van der Waals surface area contributed by atoms with Crippen LogP contribution in [-0.2, 0) is 24.5 Å². The van der Waals surface area contributed by atoms with E-state index >= 15 is 0 Å². The molecule has 9 nitrogen and oxygen atoms in total. The van der Waals surface area contributed by atoms with Crippen LogP contribution in [0.3, 0.4) is 0 Å². The minimum atomic E-state index is -1.30. The summed E-state index contributed by atoms with van der Waals surface area (Å²) in [5.74, 6) is -3.01. The van der Waals surface area contributed by atoms with E-state index in [0.29, 0.717) is 30.0 Å². The Bertz CT molecular complexity index is 1350. The molecule has 0 radical (unpaired) electrons. The molecule has 0 bridgehead atoms. The highest BCUT2D eigenvalue weighted by atomic mass is 35.5. The van der Waals surface area contributed by atoms with Crippen LogP contribution in [0, 0.1) is 17.7 Å². The van der Waals surface area contributed by atoms with Crippen LogP contribution in [0.1, 0.15) is 82.4 Å². The lowest BCUT2D eigenvalue weighted by Crippen LogP contribution is -2.53. The summed E-state index contributed by atoms with van der Waals surface area (Å²) >= 11 is 6.27. The molecular formula is C33H41ClFN3O6. The summed E-state index contributed by atoms with van der Waals surface area (Å²) in [5.41, 5.74) is 0.302. The fourth-order valence-electron chi connectivity index (χ4n) is 6.26. The third kappa shape index (κ3) is 8.71. The van der Waals surface area contributed by atoms with Crippen LogP contribution in [-0.4, -0.2) is 47.6 Å². The number of hydrogen-bond acceptors (Lipinski definition) is 5. The van der Waals surface area contributed by atoms with Crippen LogP contribution >= 0.6 is 11.6 Å². The average molecular weight is 630 g/mol. The van der Waals surface area contributed by atoms with Gasteiger partial charge in [-0.15, -0.1) is 0 Å². The maximum Gasteiger partial charge on any atom is 0.408 e. The van der Waals surface area contributed by atoms with Crippen LogP contribution in [0.2, 0.25) is 5.02 Å². The van der Waals surface area contributed by atoms with E-state index in [0.717, 1.165) is 37.7 Å². The van der Waals surface area contributed by atoms with E-state index in [-0.39, 0.29) is 18.2 Å². The number of amides is 3. The molecule has 4 N–H and O–H groups in total. The summed E-state index contributed by atoms with van der Waals surface area (Å²) in [6.07, 6.45) is 3.76. The molecule has 0 aromatic heterocycles. The highest BCUT2D eigenvalue weighted by molar-refractivity contribution is 6.30. The lowest BCUT2D eigenvalue weighted by atomic mass is 9.76. The molecule has 2 fully saturated rings. The number of carbonyl (C=O) groups is 4. The number of benzene rings is 2. The van der Waals surface area contributed by atoms with Crippen LogP contribution in [0.4, 0.5) is 9.18 Å². The number of alkyl carbamates (subject to hydrolysis) is 1. The number of rotatable bonds is 12. The molecule has 4 atom stereocenters. The molecule has 2 aliphatic rings. The molecular weight excluding hydrogens is 589 g/mol. The van der Waals surface area contributed by atoms with Gasteiger partial charge >= 0.3 is 12.1 Å². The van der Waals surface area contributed by atoms with Gasteiger partial charge in [-0.05, 0) is 60.6 Å². The van der Waals surface area contributed by atoms with Crippen LogP contribution in [0.5, 0.6) is 0 Å². The van der Waals surface area contributed by atoms with Gasteiger partial charge in [-0.2, -0.15) is 0 Å². The zero-order valence-electron chi connectivity index (χ0n) is 25.1. The second-order valence-corrected chi connectivity index (χ2v) is 12.9. The van der Waals surface area contributed by atoms with Crippen molar-refractivity contribution >= 4 is 35.5 Å². The van der Waals surface area contributed by atoms with E-state index in [4.69, 9.17) is 16.3 Å². The van der Waals surface area contributed by atoms with Crippen molar-refractivity contribution in [3.8, 4) is 0 Å². The second kappa shape index (κ2) is 14.9. The quantitative estimate of drug-likeness (QED) is 0.239. The van der Waals surface area contributed by atoms with Gasteiger partial charge in [0.25, 0.3) is 0 Å². The van der Waals surface area contributed by atoms with Crippen molar-refractivity contribution in [3.63, 3.8) is 0 Å². The first-order valence-electron chi connectivity index (χ1n) is 15.2. The van der Waals surface area contributed by atoms with E-state index in [2.05, 4.69) is 16.0 Å². The maximum atomic E-state index is 14.3. The Morgan fingerprint density at radius 3 is 2.39 bits per heavy atom. The fraction of sp³-hybridized carbons (Fsp3) is 0.515. The third-order valence-corrected chi connectivity index (χ3v) is 9.04. The van der Waals surface area contributed by atoms with Crippen molar-refractivity contribution in [2.24, 2.45) is 11.8 Å². The zero-order valence-corrected chi connectivity index (χ0v) is 25.9. The normalized spacial score (nSPS) is 19.4. The Kier molecular flexibility index (Phi) is 11.2. The second-order valence-electron chi connectivity index (χ2n) is 12.4. The predicted molar refractivity (Wildman–Crippen MR) is 164 cm³/mol. The van der Waals surface area contributed by atoms with Gasteiger partial charge in [-0.3, -0.25) is 9.59 Å². The summed E-state index contributed by atoms with van der Waals surface area (Å²) in [4.78, 5) is 51.3. The minimum absolute atomic E-state index is 0.0526. The molecule has 1 heterocycles. The van der Waals surface area contributed by atoms with E-state index in [1.165, 1.54) is 18.2 Å². The standard InChI is InChI=1S/C33H41ClFN3O6/c1-33(2,23-11-7-12-24(34)19-23)28(21-10-6-13-25(35)17-21)44-32(43)38-26(16-20-8-4-3-5-9-20)30(40)37-27(31(41)42)18-22-14-15-36-29(22)39/h6-7,10-13,17,19-20,22,26-28H,3-5,8-9,14-16,18H2,1-2H3,(H,36,39)(H,37,40)(H,38,43)(H,41,42)/t22-,26?,27?,28?/m0/s1. The molecule has 0 spiro atoms. The van der Waals surface area contributed by atoms with Crippen molar-refractivity contribution < 1.29 is 33.4 Å². The molecule has 1 aliphatic heterocycles. The van der Waals surface area contributed by atoms with Crippen molar-refractivity contribution in [2.75, 3.05) is 6.54 Å². The Hall–Kier alpha value is -3.66. The molecule has 2 aromatic carbocycles. The highest BCUT2D eigenvalue weighted by Gasteiger charge is 2.38. The van der Waals surface area contributed by atoms with Gasteiger partial charge in [0.1, 0.15) is 24.0 Å². The number of aliphatic carboxylic acids is 1. The van der Waals surface area contributed by atoms with Crippen molar-refractivity contribution in [1.29, 1.82) is 0 Å². The molecule has 11 heteroatoms. The van der Waals surface area contributed by atoms with E-state index in [9.17, 15) is 28.7 Å². The molecule has 2 aromatic rings. The zero-order chi connectivity index (χ0) is 31.9. The number of carboxylic acids is 1. The van der Waals surface area contributed by atoms with Crippen molar-refractivity contribution in [1.82, 2.24) is 16.0 Å². The van der Waals surface area contributed by atoms with E-state index < -0.39 is 53.3 Å². The topological polar surface area (TPSA) is 134 Å². The number of ether oxygens (including phenoxy) is 1. The minimum Gasteiger partial charge on any atom is -0.480 e. The number of nitrogens with one attached hydrogen (secondary N) is 3. The molecule has 1 saturated carbocycles. The number of hydrogen-bond donors (Lipinski definition) is 4. The van der Waals surface area contributed by atoms with Gasteiger partial charge in [-0.25, -0.2) is 14.0 Å². The van der Waals surface area contributed by atoms with Crippen LogP contribution in [0.15, 0.2) is 48.5 Å². The highest BCUT2D eigenvalue weighted by Crippen LogP contribution is 2.40. The van der Waals surface area contributed by atoms with Gasteiger partial charge in [0.2, 0.25) is 11.8 Å². The van der Waals surface area contributed by atoms with Crippen LogP contribution < -0.4 is 16.0 Å². The van der Waals surface area contributed by atoms with Gasteiger partial charge < -0.3 is 25.8 Å². The number of halogens is 2. The average Bonchev–Trinajstić information content (AvgIpc) is 3.39. The number of carbonyl (C=O) groups excluding carboxylic acids is 3. The molecule has 3 amide bonds. The fourth-order valence-corrected chi connectivity index (χ4v) is 6.45. The molecule has 4 rings (SSSR count). The first-order chi connectivity index (χ1) is 20.9. The van der Waals surface area contributed by atoms with Gasteiger partial charge in [-0.1, -0.05) is 81.8 Å². The first kappa shape index (κ1) is 33.2. The number of carboxylic acid groups (broad SMARTS) is 1. The van der Waals surface area contributed by atoms with Crippen molar-refractivity contribution in [2.45, 2.75) is 88.8 Å². The first-order valence-corrected chi connectivity index (χ1v) is 15.6. The molecule has 1 aliphatic carbocycles. The monoisotopic (exact) mass is 629 g/mol. The largest absolute Gasteiger partial charge is 0.480 e. The van der Waals surface area contributed by atoms with Gasteiger partial charge in [0, 0.05) is 22.9 Å². The molecule has 238 valence electrons. The lowest BCUT2D eigenvalue weighted by molar-refractivity contribution is -0.143. The third-order valence-electron chi connectivity index (χ3n) is 8.80. The predicted octanol–water partition coefficient (Wildman–Crippen LogP) is 5.66. The van der Waals surface area contributed by atoms with Gasteiger partial charge in [0.05, 0.1) is 0 Å². The summed E-state index contributed by atoms with van der Waals surface area (Å²) < 4.78 is 20.3. The SMILES string of the molecule is CC(C)(c1cccc(Cl)c1)C(OC(=O)NC(CC1CCCCC1)C(=O)NC(C[C@@H]1CCNC1=O)C(=O)O)c1cccc(F)c1. The Morgan fingerprint density at radius 1 is 1.02 bits per heavy atom. The summed E-state index contributed by atoms with van der Waals surface area (Å²) in [6.45, 7) is 4.16. The molecule has 1 saturated heterocycles. The Balaban J connectivity index is 1.56. The summed E-state index contributed by atoms with van der Waals surface area (Å²) in [6, 6.07) is 10.5. The summed E-state index contributed by atoms with van der Waals surface area (Å²) in [7, 11) is 0. The Labute approximate surface area is 262 Å². The molecule has 44 heavy (non-hydrogen) atoms. The lowest BCUT2D eigenvalue weighted by Gasteiger charge is -2.35.